The van der Waals surface area contributed by atoms with E-state index < -0.39 is 0 Å². The fourth-order valence-corrected chi connectivity index (χ4v) is 3.15. The van der Waals surface area contributed by atoms with Crippen LogP contribution < -0.4 is 5.32 Å². The molecule has 0 radical (unpaired) electrons. The van der Waals surface area contributed by atoms with Gasteiger partial charge in [0, 0.05) is 12.1 Å². The van der Waals surface area contributed by atoms with Crippen LogP contribution in [0.25, 0.3) is 0 Å². The standard InChI is InChI=1S/C17H19FN4O/c1-17(11-13-3-5-14(18)6-4-13)8-2-10-22(17)16(23)21-15-7-9-19-20-12-15/h3-7,9,12H,2,8,10-11H2,1H3,(H,19,21,23)/t17-/m0/s1. The molecule has 120 valence electrons. The van der Waals surface area contributed by atoms with Gasteiger partial charge in [-0.3, -0.25) is 0 Å². The molecule has 1 aliphatic rings. The predicted molar refractivity (Wildman–Crippen MR) is 85.5 cm³/mol. The van der Waals surface area contributed by atoms with Crippen molar-refractivity contribution in [1.82, 2.24) is 15.1 Å². The summed E-state index contributed by atoms with van der Waals surface area (Å²) in [5.41, 5.74) is 1.38. The largest absolute Gasteiger partial charge is 0.322 e. The number of carbonyl (C=O) groups excluding carboxylic acids is 1. The average molecular weight is 314 g/mol. The molecule has 0 unspecified atom stereocenters. The summed E-state index contributed by atoms with van der Waals surface area (Å²) in [6, 6.07) is 8.04. The molecule has 2 amide bonds. The fraction of sp³-hybridized carbons (Fsp3) is 0.353. The van der Waals surface area contributed by atoms with E-state index in [-0.39, 0.29) is 17.4 Å². The maximum Gasteiger partial charge on any atom is 0.322 e. The Kier molecular flexibility index (Phi) is 4.23. The van der Waals surface area contributed by atoms with Gasteiger partial charge in [-0.15, -0.1) is 0 Å². The first kappa shape index (κ1) is 15.4. The molecular weight excluding hydrogens is 295 g/mol. The van der Waals surface area contributed by atoms with Crippen LogP contribution in [0.5, 0.6) is 0 Å². The number of aromatic nitrogens is 2. The Morgan fingerprint density at radius 1 is 1.30 bits per heavy atom. The van der Waals surface area contributed by atoms with E-state index in [4.69, 9.17) is 0 Å². The minimum Gasteiger partial charge on any atom is -0.319 e. The van der Waals surface area contributed by atoms with Crippen molar-refractivity contribution in [3.05, 3.63) is 54.1 Å². The van der Waals surface area contributed by atoms with Gasteiger partial charge in [0.1, 0.15) is 5.82 Å². The van der Waals surface area contributed by atoms with Crippen molar-refractivity contribution in [2.75, 3.05) is 11.9 Å². The topological polar surface area (TPSA) is 58.1 Å². The quantitative estimate of drug-likeness (QED) is 0.946. The van der Waals surface area contributed by atoms with E-state index >= 15 is 0 Å². The molecule has 0 saturated carbocycles. The number of urea groups is 1. The van der Waals surface area contributed by atoms with Gasteiger partial charge >= 0.3 is 6.03 Å². The third-order valence-electron chi connectivity index (χ3n) is 4.33. The monoisotopic (exact) mass is 314 g/mol. The summed E-state index contributed by atoms with van der Waals surface area (Å²) in [6.45, 7) is 2.79. The Hall–Kier alpha value is -2.50. The Bertz CT molecular complexity index is 677. The number of hydrogen-bond donors (Lipinski definition) is 1. The van der Waals surface area contributed by atoms with Gasteiger partial charge in [-0.1, -0.05) is 12.1 Å². The summed E-state index contributed by atoms with van der Waals surface area (Å²) in [7, 11) is 0. The van der Waals surface area contributed by atoms with Crippen LogP contribution in [0.3, 0.4) is 0 Å². The van der Waals surface area contributed by atoms with E-state index in [1.54, 1.807) is 18.2 Å². The molecule has 1 atom stereocenters. The minimum atomic E-state index is -0.275. The zero-order valence-corrected chi connectivity index (χ0v) is 13.0. The second kappa shape index (κ2) is 6.32. The molecule has 1 aromatic carbocycles. The summed E-state index contributed by atoms with van der Waals surface area (Å²) in [5, 5.41) is 10.3. The number of rotatable bonds is 3. The predicted octanol–water partition coefficient (Wildman–Crippen LogP) is 3.24. The number of nitrogens with zero attached hydrogens (tertiary/aromatic N) is 3. The maximum atomic E-state index is 13.1. The van der Waals surface area contributed by atoms with Gasteiger partial charge in [-0.2, -0.15) is 10.2 Å². The molecule has 1 aliphatic heterocycles. The fourth-order valence-electron chi connectivity index (χ4n) is 3.15. The molecule has 3 rings (SSSR count). The summed E-state index contributed by atoms with van der Waals surface area (Å²) in [4.78, 5) is 14.4. The molecule has 2 heterocycles. The Morgan fingerprint density at radius 3 is 2.78 bits per heavy atom. The molecule has 2 aromatic rings. The van der Waals surface area contributed by atoms with Crippen molar-refractivity contribution >= 4 is 11.7 Å². The van der Waals surface area contributed by atoms with Crippen LogP contribution >= 0.6 is 0 Å². The SMILES string of the molecule is C[C@@]1(Cc2ccc(F)cc2)CCCN1C(=O)Nc1ccnnc1. The minimum absolute atomic E-state index is 0.139. The molecule has 1 saturated heterocycles. The first-order valence-corrected chi connectivity index (χ1v) is 7.67. The van der Waals surface area contributed by atoms with Crippen LogP contribution in [-0.4, -0.2) is 33.2 Å². The molecule has 23 heavy (non-hydrogen) atoms. The number of benzene rings is 1. The van der Waals surface area contributed by atoms with E-state index in [1.165, 1.54) is 24.5 Å². The van der Waals surface area contributed by atoms with Crippen LogP contribution in [0.15, 0.2) is 42.7 Å². The molecule has 5 nitrogen and oxygen atoms in total. The number of carbonyl (C=O) groups is 1. The van der Waals surface area contributed by atoms with Gasteiger partial charge < -0.3 is 10.2 Å². The molecule has 1 N–H and O–H groups in total. The van der Waals surface area contributed by atoms with E-state index in [2.05, 4.69) is 22.4 Å². The van der Waals surface area contributed by atoms with Gasteiger partial charge in [0.25, 0.3) is 0 Å². The third-order valence-corrected chi connectivity index (χ3v) is 4.33. The van der Waals surface area contributed by atoms with Gasteiger partial charge in [-0.25, -0.2) is 9.18 Å². The lowest BCUT2D eigenvalue weighted by atomic mass is 9.90. The lowest BCUT2D eigenvalue weighted by Gasteiger charge is -2.35. The lowest BCUT2D eigenvalue weighted by Crippen LogP contribution is -2.48. The highest BCUT2D eigenvalue weighted by molar-refractivity contribution is 5.89. The van der Waals surface area contributed by atoms with Gasteiger partial charge in [0.05, 0.1) is 18.1 Å². The first-order chi connectivity index (χ1) is 11.1. The highest BCUT2D eigenvalue weighted by atomic mass is 19.1. The summed E-state index contributed by atoms with van der Waals surface area (Å²) < 4.78 is 13.1. The summed E-state index contributed by atoms with van der Waals surface area (Å²) >= 11 is 0. The van der Waals surface area contributed by atoms with Crippen LogP contribution in [0, 0.1) is 5.82 Å². The Balaban J connectivity index is 1.73. The molecule has 0 bridgehead atoms. The first-order valence-electron chi connectivity index (χ1n) is 7.67. The van der Waals surface area contributed by atoms with E-state index in [0.29, 0.717) is 18.7 Å². The third kappa shape index (κ3) is 3.47. The van der Waals surface area contributed by atoms with E-state index in [9.17, 15) is 9.18 Å². The lowest BCUT2D eigenvalue weighted by molar-refractivity contribution is 0.168. The average Bonchev–Trinajstić information content (AvgIpc) is 2.92. The molecular formula is C17H19FN4O. The Labute approximate surface area is 134 Å². The van der Waals surface area contributed by atoms with E-state index in [0.717, 1.165) is 18.4 Å². The molecule has 0 spiro atoms. The van der Waals surface area contributed by atoms with Crippen molar-refractivity contribution in [2.24, 2.45) is 0 Å². The number of likely N-dealkylation sites (tertiary alicyclic amines) is 1. The van der Waals surface area contributed by atoms with Crippen LogP contribution in [-0.2, 0) is 6.42 Å². The highest BCUT2D eigenvalue weighted by Crippen LogP contribution is 2.33. The Morgan fingerprint density at radius 2 is 2.09 bits per heavy atom. The molecule has 1 fully saturated rings. The number of hydrogen-bond acceptors (Lipinski definition) is 3. The van der Waals surface area contributed by atoms with Crippen LogP contribution in [0.1, 0.15) is 25.3 Å². The van der Waals surface area contributed by atoms with E-state index in [1.807, 2.05) is 4.90 Å². The number of amides is 2. The zero-order valence-electron chi connectivity index (χ0n) is 13.0. The number of anilines is 1. The summed E-state index contributed by atoms with van der Waals surface area (Å²) in [5.74, 6) is -0.245. The van der Waals surface area contributed by atoms with Crippen LogP contribution in [0.2, 0.25) is 0 Å². The molecule has 1 aromatic heterocycles. The highest BCUT2D eigenvalue weighted by Gasteiger charge is 2.39. The van der Waals surface area contributed by atoms with Crippen molar-refractivity contribution in [2.45, 2.75) is 31.7 Å². The molecule has 0 aliphatic carbocycles. The van der Waals surface area contributed by atoms with Gasteiger partial charge in [0.2, 0.25) is 0 Å². The van der Waals surface area contributed by atoms with Crippen LogP contribution in [0.4, 0.5) is 14.9 Å². The normalized spacial score (nSPS) is 20.5. The van der Waals surface area contributed by atoms with Gasteiger partial charge in [0.15, 0.2) is 0 Å². The summed E-state index contributed by atoms with van der Waals surface area (Å²) in [6.07, 6.45) is 5.64. The number of halogens is 1. The second-order valence-corrected chi connectivity index (χ2v) is 6.12. The smallest absolute Gasteiger partial charge is 0.319 e. The van der Waals surface area contributed by atoms with Crippen molar-refractivity contribution in [3.63, 3.8) is 0 Å². The maximum absolute atomic E-state index is 13.1. The van der Waals surface area contributed by atoms with Gasteiger partial charge in [-0.05, 0) is 49.9 Å². The number of nitrogens with one attached hydrogen (secondary N) is 1. The van der Waals surface area contributed by atoms with Crippen molar-refractivity contribution < 1.29 is 9.18 Å². The zero-order chi connectivity index (χ0) is 16.3. The second-order valence-electron chi connectivity index (χ2n) is 6.12. The van der Waals surface area contributed by atoms with Crippen molar-refractivity contribution in [3.8, 4) is 0 Å². The molecule has 6 heteroatoms. The van der Waals surface area contributed by atoms with Crippen molar-refractivity contribution in [1.29, 1.82) is 0 Å².